The third-order valence-electron chi connectivity index (χ3n) is 6.99. The minimum atomic E-state index is -0.472. The quantitative estimate of drug-likeness (QED) is 0.325. The van der Waals surface area contributed by atoms with E-state index in [1.165, 1.54) is 12.1 Å². The van der Waals surface area contributed by atoms with Gasteiger partial charge in [0.05, 0.1) is 18.4 Å². The van der Waals surface area contributed by atoms with Crippen LogP contribution in [0.3, 0.4) is 0 Å². The summed E-state index contributed by atoms with van der Waals surface area (Å²) in [5.74, 6) is -0.296. The first-order chi connectivity index (χ1) is 18.8. The third kappa shape index (κ3) is 6.35. The van der Waals surface area contributed by atoms with Crippen molar-refractivity contribution in [3.8, 4) is 0 Å². The number of piperazine rings is 1. The number of nitrogens with one attached hydrogen (secondary N) is 2. The first-order valence-electron chi connectivity index (χ1n) is 13.1. The van der Waals surface area contributed by atoms with E-state index in [0.717, 1.165) is 43.8 Å². The maximum atomic E-state index is 15.0. The Morgan fingerprint density at radius 1 is 1.18 bits per heavy atom. The van der Waals surface area contributed by atoms with Crippen molar-refractivity contribution in [3.63, 3.8) is 0 Å². The number of hydrogen-bond donors (Lipinski definition) is 2. The molecule has 0 radical (unpaired) electrons. The summed E-state index contributed by atoms with van der Waals surface area (Å²) < 4.78 is 16.8. The molecule has 0 aliphatic carbocycles. The minimum Gasteiger partial charge on any atom is -0.362 e. The second-order valence-electron chi connectivity index (χ2n) is 9.89. The van der Waals surface area contributed by atoms with E-state index in [2.05, 4.69) is 42.5 Å². The molecule has 39 heavy (non-hydrogen) atoms. The molecule has 0 bridgehead atoms. The Labute approximate surface area is 232 Å². The van der Waals surface area contributed by atoms with E-state index in [0.29, 0.717) is 29.3 Å². The average molecular weight is 551 g/mol. The summed E-state index contributed by atoms with van der Waals surface area (Å²) >= 11 is 6.44. The van der Waals surface area contributed by atoms with Gasteiger partial charge in [-0.1, -0.05) is 23.7 Å². The summed E-state index contributed by atoms with van der Waals surface area (Å²) in [5.41, 5.74) is 3.43. The number of aryl methyl sites for hydroxylation is 1. The Kier molecular flexibility index (Phi) is 8.06. The lowest BCUT2D eigenvalue weighted by Crippen LogP contribution is -2.44. The number of amides is 1. The number of rotatable bonds is 8. The maximum absolute atomic E-state index is 15.0. The first-order valence-corrected chi connectivity index (χ1v) is 13.4. The van der Waals surface area contributed by atoms with Gasteiger partial charge in [0.1, 0.15) is 17.2 Å². The van der Waals surface area contributed by atoms with Crippen LogP contribution in [0.15, 0.2) is 48.8 Å². The van der Waals surface area contributed by atoms with Crippen molar-refractivity contribution in [1.29, 1.82) is 0 Å². The number of aromatic nitrogens is 4. The lowest BCUT2D eigenvalue weighted by Gasteiger charge is -2.32. The van der Waals surface area contributed by atoms with Gasteiger partial charge >= 0.3 is 0 Å². The van der Waals surface area contributed by atoms with Crippen molar-refractivity contribution in [3.05, 3.63) is 76.3 Å². The molecule has 1 fully saturated rings. The van der Waals surface area contributed by atoms with Crippen LogP contribution in [0.1, 0.15) is 41.4 Å². The molecule has 0 spiro atoms. The average Bonchev–Trinajstić information content (AvgIpc) is 3.34. The lowest BCUT2D eigenvalue weighted by molar-refractivity contribution is 0.102. The van der Waals surface area contributed by atoms with Gasteiger partial charge in [-0.15, -0.1) is 0 Å². The largest absolute Gasteiger partial charge is 0.362 e. The number of anilines is 2. The summed E-state index contributed by atoms with van der Waals surface area (Å²) in [5, 5.41) is 10.9. The van der Waals surface area contributed by atoms with Gasteiger partial charge in [0.15, 0.2) is 0 Å². The highest BCUT2D eigenvalue weighted by Crippen LogP contribution is 2.26. The predicted molar refractivity (Wildman–Crippen MR) is 152 cm³/mol. The molecule has 2 aromatic carbocycles. The maximum Gasteiger partial charge on any atom is 0.255 e. The van der Waals surface area contributed by atoms with E-state index in [1.807, 2.05) is 38.2 Å². The van der Waals surface area contributed by atoms with Crippen LogP contribution in [0.25, 0.3) is 11.2 Å². The van der Waals surface area contributed by atoms with Crippen molar-refractivity contribution < 1.29 is 9.18 Å². The van der Waals surface area contributed by atoms with E-state index in [-0.39, 0.29) is 16.6 Å². The standard InChI is InChI=1S/C28H32ClFN8O/c1-4-38-17-25-27(35-38)34-26(15-31-25)32-18(2)19-6-5-7-21(12-19)33-28(39)20-13-23(29)22(24(30)14-20)16-37-10-8-36(3)9-11-37/h5-7,12-15,17-18H,4,8-11,16H2,1-3H3,(H,33,39)(H,32,34,35)/t18-/m0/s1. The number of benzene rings is 2. The molecule has 0 saturated carbocycles. The van der Waals surface area contributed by atoms with Gasteiger partial charge < -0.3 is 15.5 Å². The highest BCUT2D eigenvalue weighted by molar-refractivity contribution is 6.31. The molecular weight excluding hydrogens is 519 g/mol. The van der Waals surface area contributed by atoms with E-state index in [1.54, 1.807) is 16.9 Å². The molecule has 1 aliphatic heterocycles. The van der Waals surface area contributed by atoms with Crippen LogP contribution >= 0.6 is 11.6 Å². The molecule has 204 valence electrons. The smallest absolute Gasteiger partial charge is 0.255 e. The van der Waals surface area contributed by atoms with E-state index in [9.17, 15) is 4.79 Å². The molecule has 1 amide bonds. The molecule has 4 aromatic rings. The predicted octanol–water partition coefficient (Wildman–Crippen LogP) is 4.81. The monoisotopic (exact) mass is 550 g/mol. The zero-order valence-electron chi connectivity index (χ0n) is 22.3. The molecule has 2 N–H and O–H groups in total. The fourth-order valence-corrected chi connectivity index (χ4v) is 4.85. The number of halogens is 2. The lowest BCUT2D eigenvalue weighted by atomic mass is 10.1. The Morgan fingerprint density at radius 2 is 1.97 bits per heavy atom. The zero-order valence-corrected chi connectivity index (χ0v) is 23.0. The van der Waals surface area contributed by atoms with Crippen LogP contribution in [0.4, 0.5) is 15.9 Å². The van der Waals surface area contributed by atoms with Crippen LogP contribution < -0.4 is 10.6 Å². The van der Waals surface area contributed by atoms with Crippen LogP contribution in [0, 0.1) is 5.82 Å². The fourth-order valence-electron chi connectivity index (χ4n) is 4.59. The molecule has 11 heteroatoms. The highest BCUT2D eigenvalue weighted by atomic mass is 35.5. The van der Waals surface area contributed by atoms with Gasteiger partial charge in [0, 0.05) is 61.1 Å². The van der Waals surface area contributed by atoms with Gasteiger partial charge in [0.25, 0.3) is 5.91 Å². The molecule has 2 aromatic heterocycles. The summed E-state index contributed by atoms with van der Waals surface area (Å²) in [4.78, 5) is 26.4. The molecule has 1 saturated heterocycles. The van der Waals surface area contributed by atoms with E-state index in [4.69, 9.17) is 11.6 Å². The Bertz CT molecular complexity index is 1460. The number of fused-ring (bicyclic) bond motifs is 1. The second-order valence-corrected chi connectivity index (χ2v) is 10.3. The molecule has 1 atom stereocenters. The SMILES string of the molecule is CCn1cc2ncc(N[C@@H](C)c3cccc(NC(=O)c4cc(F)c(CN5CCN(C)CC5)c(Cl)c4)c3)nc2n1. The van der Waals surface area contributed by atoms with E-state index < -0.39 is 11.7 Å². The molecule has 1 aliphatic rings. The van der Waals surface area contributed by atoms with Crippen molar-refractivity contribution >= 4 is 40.2 Å². The molecule has 0 unspecified atom stereocenters. The van der Waals surface area contributed by atoms with Crippen LogP contribution in [-0.2, 0) is 13.1 Å². The minimum absolute atomic E-state index is 0.123. The Hall–Kier alpha value is -3.60. The molecule has 9 nitrogen and oxygen atoms in total. The van der Waals surface area contributed by atoms with E-state index >= 15 is 4.39 Å². The summed E-state index contributed by atoms with van der Waals surface area (Å²) in [6, 6.07) is 10.1. The van der Waals surface area contributed by atoms with Crippen LogP contribution in [-0.4, -0.2) is 68.7 Å². The zero-order chi connectivity index (χ0) is 27.5. The molecular formula is C28H32ClFN8O. The van der Waals surface area contributed by atoms with Crippen molar-refractivity contribution in [2.45, 2.75) is 33.0 Å². The highest BCUT2D eigenvalue weighted by Gasteiger charge is 2.20. The Balaban J connectivity index is 1.25. The Morgan fingerprint density at radius 3 is 2.72 bits per heavy atom. The topological polar surface area (TPSA) is 91.2 Å². The van der Waals surface area contributed by atoms with Crippen molar-refractivity contribution in [2.75, 3.05) is 43.9 Å². The van der Waals surface area contributed by atoms with Gasteiger partial charge in [-0.2, -0.15) is 5.10 Å². The van der Waals surface area contributed by atoms with Crippen LogP contribution in [0.2, 0.25) is 5.02 Å². The molecule has 3 heterocycles. The molecule has 5 rings (SSSR count). The van der Waals surface area contributed by atoms with Crippen molar-refractivity contribution in [1.82, 2.24) is 29.5 Å². The number of likely N-dealkylation sites (N-methyl/N-ethyl adjacent to an activating group) is 1. The van der Waals surface area contributed by atoms with Gasteiger partial charge in [0.2, 0.25) is 5.65 Å². The summed E-state index contributed by atoms with van der Waals surface area (Å²) in [7, 11) is 2.07. The van der Waals surface area contributed by atoms with Gasteiger partial charge in [-0.25, -0.2) is 14.4 Å². The summed E-state index contributed by atoms with van der Waals surface area (Å²) in [6.07, 6.45) is 3.54. The second kappa shape index (κ2) is 11.6. The fraction of sp³-hybridized carbons (Fsp3) is 0.357. The number of carbonyl (C=O) groups is 1. The van der Waals surface area contributed by atoms with Crippen LogP contribution in [0.5, 0.6) is 0 Å². The number of nitrogens with zero attached hydrogens (tertiary/aromatic N) is 6. The normalized spacial score (nSPS) is 15.4. The number of hydrogen-bond acceptors (Lipinski definition) is 7. The van der Waals surface area contributed by atoms with Gasteiger partial charge in [-0.05, 0) is 50.7 Å². The third-order valence-corrected chi connectivity index (χ3v) is 7.33. The summed E-state index contributed by atoms with van der Waals surface area (Å²) in [6.45, 7) is 8.73. The van der Waals surface area contributed by atoms with Crippen molar-refractivity contribution in [2.24, 2.45) is 0 Å². The first kappa shape index (κ1) is 27.0. The van der Waals surface area contributed by atoms with Gasteiger partial charge in [-0.3, -0.25) is 14.4 Å². The number of carbonyl (C=O) groups excluding carboxylic acids is 1.